The van der Waals surface area contributed by atoms with Gasteiger partial charge in [0.2, 0.25) is 17.0 Å². The number of hydrogen-bond donors (Lipinski definition) is 4. The third kappa shape index (κ3) is 12.7. The van der Waals surface area contributed by atoms with Crippen molar-refractivity contribution in [1.82, 2.24) is 19.9 Å². The normalized spacial score (nSPS) is 21.0. The monoisotopic (exact) mass is 516 g/mol. The lowest BCUT2D eigenvalue weighted by atomic mass is 10.6. The Balaban J connectivity index is 0.000000611. The molecule has 0 aliphatic carbocycles. The molecule has 0 aliphatic rings. The SMILES string of the molecule is O=c1cc(O)nc(Cl)[nH]1.[2H]C([2H])([2H])C([2H])([2H])C([2H])([2H])I.[2H]C([2H])([2H])C([2H])([2H])C([2H])([2H])Sc1nc(O)cc(=O)[nH]1. The topological polar surface area (TPSA) is 132 Å². The lowest BCUT2D eigenvalue weighted by Crippen LogP contribution is -2.06. The Morgan fingerprint density at radius 3 is 2.24 bits per heavy atom. The average Bonchev–Trinajstić information content (AvgIpc) is 2.63. The minimum absolute atomic E-state index is 0.0797. The Morgan fingerprint density at radius 2 is 1.80 bits per heavy atom. The van der Waals surface area contributed by atoms with Crippen molar-refractivity contribution in [2.75, 3.05) is 10.1 Å². The Bertz CT molecular complexity index is 1190. The van der Waals surface area contributed by atoms with E-state index < -0.39 is 58.7 Å². The van der Waals surface area contributed by atoms with Gasteiger partial charge in [-0.05, 0) is 28.7 Å². The highest BCUT2D eigenvalue weighted by molar-refractivity contribution is 14.1. The molecule has 0 fully saturated rings. The zero-order valence-electron chi connectivity index (χ0n) is 25.9. The van der Waals surface area contributed by atoms with Crippen LogP contribution < -0.4 is 11.1 Å². The van der Waals surface area contributed by atoms with E-state index in [1.165, 1.54) is 0 Å². The van der Waals surface area contributed by atoms with Crippen molar-refractivity contribution >= 4 is 46.0 Å². The molecule has 140 valence electrons. The first-order chi connectivity index (χ1) is 17.0. The highest BCUT2D eigenvalue weighted by atomic mass is 127. The molecular formula is C14H20ClIN4O4S. The molecule has 25 heavy (non-hydrogen) atoms. The molecule has 4 N–H and O–H groups in total. The molecule has 2 aromatic rings. The molecule has 11 heteroatoms. The molecule has 0 unspecified atom stereocenters. The van der Waals surface area contributed by atoms with Crippen LogP contribution in [0.15, 0.2) is 26.9 Å². The fourth-order valence-electron chi connectivity index (χ4n) is 0.961. The number of rotatable bonds is 4. The summed E-state index contributed by atoms with van der Waals surface area (Å²) in [5.41, 5.74) is -4.12. The number of thioether (sulfide) groups is 1. The Hall–Kier alpha value is -1.27. The molecule has 2 rings (SSSR count). The molecule has 0 saturated carbocycles. The van der Waals surface area contributed by atoms with Crippen molar-refractivity contribution in [2.45, 2.75) is 31.6 Å². The Kier molecular flexibility index (Phi) is 5.07. The molecule has 0 spiro atoms. The van der Waals surface area contributed by atoms with E-state index in [9.17, 15) is 9.59 Å². The molecular weight excluding hydrogens is 483 g/mol. The van der Waals surface area contributed by atoms with Crippen molar-refractivity contribution in [1.29, 1.82) is 0 Å². The van der Waals surface area contributed by atoms with Crippen molar-refractivity contribution in [3.8, 4) is 11.8 Å². The van der Waals surface area contributed by atoms with Gasteiger partial charge in [0.15, 0.2) is 5.16 Å². The van der Waals surface area contributed by atoms with E-state index in [-0.39, 0.29) is 22.9 Å². The van der Waals surface area contributed by atoms with Crippen LogP contribution in [0.3, 0.4) is 0 Å². The van der Waals surface area contributed by atoms with Crippen LogP contribution in [0.5, 0.6) is 11.8 Å². The molecule has 0 amide bonds. The average molecular weight is 517 g/mol. The van der Waals surface area contributed by atoms with Crippen molar-refractivity contribution < 1.29 is 29.4 Å². The van der Waals surface area contributed by atoms with Gasteiger partial charge in [-0.25, -0.2) is 0 Å². The molecule has 2 aromatic heterocycles. The van der Waals surface area contributed by atoms with Gasteiger partial charge in [-0.1, -0.05) is 48.1 Å². The maximum absolute atomic E-state index is 11.0. The maximum Gasteiger partial charge on any atom is 0.255 e. The number of halogens is 2. The van der Waals surface area contributed by atoms with E-state index in [1.807, 2.05) is 0 Å². The molecule has 0 radical (unpaired) electrons. The Labute approximate surface area is 187 Å². The second kappa shape index (κ2) is 14.0. The summed E-state index contributed by atoms with van der Waals surface area (Å²) in [5, 5.41) is 17.1. The summed E-state index contributed by atoms with van der Waals surface area (Å²) < 4.78 is 96.2. The Morgan fingerprint density at radius 1 is 1.20 bits per heavy atom. The molecule has 8 nitrogen and oxygen atoms in total. The van der Waals surface area contributed by atoms with Gasteiger partial charge in [-0.2, -0.15) is 9.97 Å². The predicted molar refractivity (Wildman–Crippen MR) is 108 cm³/mol. The summed E-state index contributed by atoms with van der Waals surface area (Å²) in [6.07, 6.45) is -5.98. The van der Waals surface area contributed by atoms with Gasteiger partial charge in [-0.3, -0.25) is 14.6 Å². The quantitative estimate of drug-likeness (QED) is 0.213. The van der Waals surface area contributed by atoms with E-state index in [0.717, 1.165) is 34.7 Å². The number of hydrogen-bond acceptors (Lipinski definition) is 7. The van der Waals surface area contributed by atoms with Crippen LogP contribution in [-0.4, -0.2) is 40.2 Å². The van der Waals surface area contributed by atoms with Gasteiger partial charge >= 0.3 is 0 Å². The largest absolute Gasteiger partial charge is 0.493 e. The summed E-state index contributed by atoms with van der Waals surface area (Å²) in [6.45, 7) is -6.11. The van der Waals surface area contributed by atoms with E-state index in [4.69, 9.17) is 41.0 Å². The third-order valence-corrected chi connectivity index (χ3v) is 2.69. The first kappa shape index (κ1) is 9.09. The van der Waals surface area contributed by atoms with Gasteiger partial charge in [0.25, 0.3) is 11.1 Å². The summed E-state index contributed by atoms with van der Waals surface area (Å²) in [4.78, 5) is 32.3. The van der Waals surface area contributed by atoms with Crippen LogP contribution in [-0.2, 0) is 0 Å². The minimum atomic E-state index is -3.19. The number of aromatic hydroxyl groups is 2. The molecule has 0 saturated heterocycles. The summed E-state index contributed by atoms with van der Waals surface area (Å²) >= 11 is 6.45. The minimum Gasteiger partial charge on any atom is -0.493 e. The number of aromatic amines is 2. The van der Waals surface area contributed by atoms with Crippen LogP contribution in [0.4, 0.5) is 0 Å². The van der Waals surface area contributed by atoms with Gasteiger partial charge < -0.3 is 15.2 Å². The van der Waals surface area contributed by atoms with Crippen molar-refractivity contribution in [2.24, 2.45) is 0 Å². The fourth-order valence-corrected chi connectivity index (χ4v) is 1.58. The first-order valence-corrected chi connectivity index (χ1v) is 7.96. The molecule has 0 aliphatic heterocycles. The summed E-state index contributed by atoms with van der Waals surface area (Å²) in [7, 11) is 0. The van der Waals surface area contributed by atoms with E-state index in [1.54, 1.807) is 0 Å². The summed E-state index contributed by atoms with van der Waals surface area (Å²) in [6, 6.07) is 1.68. The lowest BCUT2D eigenvalue weighted by Gasteiger charge is -1.97. The van der Waals surface area contributed by atoms with Crippen LogP contribution in [0.2, 0.25) is 5.28 Å². The van der Waals surface area contributed by atoms with E-state index >= 15 is 0 Å². The van der Waals surface area contributed by atoms with Crippen LogP contribution >= 0.6 is 46.0 Å². The number of H-pyrrole nitrogens is 2. The van der Waals surface area contributed by atoms with Gasteiger partial charge in [0, 0.05) is 24.9 Å². The number of nitrogens with one attached hydrogen (secondary N) is 2. The molecule has 0 bridgehead atoms. The third-order valence-electron chi connectivity index (χ3n) is 1.65. The summed E-state index contributed by atoms with van der Waals surface area (Å²) in [5.74, 6) is -1.04. The standard InChI is InChI=1S/C7H10N2O2S.C4H3ClN2O2.C3H7I/c1-2-3-12-7-8-5(10)4-6(11)9-7;5-4-6-2(8)1-3(9)7-4;1-2-3-4/h4H,2-3H2,1H3,(H2,8,9,10,11);1H,(H2,6,7,8,9);2-3H2,1H3/i1D3,2D2,3D2;;1D3,2D2,3D2. The van der Waals surface area contributed by atoms with Crippen LogP contribution in [0.25, 0.3) is 0 Å². The predicted octanol–water partition coefficient (Wildman–Crippen LogP) is 2.94. The van der Waals surface area contributed by atoms with Crippen molar-refractivity contribution in [3.63, 3.8) is 0 Å². The van der Waals surface area contributed by atoms with Crippen LogP contribution in [0, 0.1) is 0 Å². The highest BCUT2D eigenvalue weighted by Gasteiger charge is 1.98. The number of nitrogens with zero attached hydrogens (tertiary/aromatic N) is 2. The highest BCUT2D eigenvalue weighted by Crippen LogP contribution is 2.13. The molecule has 0 atom stereocenters. The van der Waals surface area contributed by atoms with Gasteiger partial charge in [0.05, 0.1) is 12.1 Å². The van der Waals surface area contributed by atoms with Gasteiger partial charge in [-0.15, -0.1) is 0 Å². The molecule has 0 aromatic carbocycles. The van der Waals surface area contributed by atoms with Crippen molar-refractivity contribution in [3.05, 3.63) is 38.1 Å². The lowest BCUT2D eigenvalue weighted by molar-refractivity contribution is 0.444. The second-order valence-electron chi connectivity index (χ2n) is 3.35. The van der Waals surface area contributed by atoms with Gasteiger partial charge in [0.1, 0.15) is 0 Å². The number of aromatic nitrogens is 4. The van der Waals surface area contributed by atoms with E-state index in [2.05, 4.69) is 19.9 Å². The molecule has 2 heterocycles. The van der Waals surface area contributed by atoms with Crippen LogP contribution in [0.1, 0.15) is 45.6 Å². The fraction of sp³-hybridized carbons (Fsp3) is 0.429. The second-order valence-corrected chi connectivity index (χ2v) is 5.04. The first-order valence-electron chi connectivity index (χ1n) is 12.7. The zero-order chi connectivity index (χ0) is 31.4. The zero-order valence-corrected chi connectivity index (χ0v) is 15.7. The number of alkyl halides is 1. The smallest absolute Gasteiger partial charge is 0.255 e. The maximum atomic E-state index is 11.0. The van der Waals surface area contributed by atoms with E-state index in [0.29, 0.717) is 0 Å².